The number of hydrogen-bond donors (Lipinski definition) is 5. The van der Waals surface area contributed by atoms with Gasteiger partial charge < -0.3 is 15.9 Å². The maximum Gasteiger partial charge on any atom is 2.00 e. The molecule has 0 bridgehead atoms. The van der Waals surface area contributed by atoms with Crippen molar-refractivity contribution in [2.24, 2.45) is 20.5 Å². The Morgan fingerprint density at radius 1 is 0.759 bits per heavy atom. The van der Waals surface area contributed by atoms with Gasteiger partial charge in [0, 0.05) is 35.2 Å². The third kappa shape index (κ3) is 11.6. The van der Waals surface area contributed by atoms with Crippen LogP contribution in [0.2, 0.25) is 0 Å². The number of azo groups is 2. The van der Waals surface area contributed by atoms with Gasteiger partial charge in [0.1, 0.15) is 11.4 Å². The second-order valence-corrected chi connectivity index (χ2v) is 14.5. The summed E-state index contributed by atoms with van der Waals surface area (Å²) in [5.74, 6) is -1.35. The molecule has 0 spiro atoms. The molecule has 0 saturated carbocycles. The Morgan fingerprint density at radius 2 is 1.33 bits per heavy atom. The number of non-ortho nitro benzene ring substituents is 2. The summed E-state index contributed by atoms with van der Waals surface area (Å²) < 4.78 is 56.0. The van der Waals surface area contributed by atoms with Crippen molar-refractivity contribution in [3.8, 4) is 11.5 Å². The van der Waals surface area contributed by atoms with Crippen molar-refractivity contribution in [1.82, 2.24) is 4.72 Å². The number of fused-ring (bicyclic) bond motifs is 2. The number of nitro benzene ring substituents is 2. The number of nitro groups is 2. The van der Waals surface area contributed by atoms with Gasteiger partial charge in [0.05, 0.1) is 42.4 Å². The standard InChI is InChI=1S/C17H15N5O5S.C16H12N4O6S.Co.2Na/c1-19-28(26,27)12-4-5-13-10(8-12)2-6-14(18)17(13)21-20-15-7-3-11(22(24)25)9-16(15)23;17-13-5-1-9-7-11(27(24,25)26)3-4-12(9)16(13)19-18-14-6-2-10(20(22)23)8-15(14)21;;;/h2-9,19,23H,18H2,1H3;1-8,17,21H,(H2,24,25,26);;;/q;;+2;2*+1/p-2. The van der Waals surface area contributed by atoms with Gasteiger partial charge in [-0.15, -0.1) is 10.2 Å². The van der Waals surface area contributed by atoms with Crippen molar-refractivity contribution >= 4 is 75.6 Å². The average molecular weight is 893 g/mol. The van der Waals surface area contributed by atoms with Crippen molar-refractivity contribution < 1.29 is 118 Å². The van der Waals surface area contributed by atoms with E-state index in [9.17, 15) is 52.2 Å². The molecular formula is C33H25CoN9Na2O11S2+2. The van der Waals surface area contributed by atoms with Crippen LogP contribution in [0, 0.1) is 25.6 Å². The molecule has 25 heteroatoms. The van der Waals surface area contributed by atoms with E-state index < -0.39 is 41.5 Å². The molecule has 0 heterocycles. The summed E-state index contributed by atoms with van der Waals surface area (Å²) >= 11 is 0. The Kier molecular flexibility index (Phi) is 17.5. The molecule has 0 aliphatic heterocycles. The molecule has 0 aromatic heterocycles. The number of rotatable bonds is 8. The fourth-order valence-corrected chi connectivity index (χ4v) is 6.17. The molecule has 0 unspecified atom stereocenters. The normalized spacial score (nSPS) is 13.5. The van der Waals surface area contributed by atoms with E-state index in [0.29, 0.717) is 21.9 Å². The first-order chi connectivity index (χ1) is 25.9. The number of benzene rings is 4. The van der Waals surface area contributed by atoms with Crippen LogP contribution in [0.3, 0.4) is 0 Å². The molecule has 0 atom stereocenters. The Bertz CT molecular complexity index is 2760. The molecule has 6 rings (SSSR count). The molecule has 289 valence electrons. The molecule has 20 nitrogen and oxygen atoms in total. The van der Waals surface area contributed by atoms with Crippen LogP contribution in [0.25, 0.3) is 10.8 Å². The van der Waals surface area contributed by atoms with E-state index in [2.05, 4.69) is 25.2 Å². The molecule has 0 amide bonds. The van der Waals surface area contributed by atoms with Gasteiger partial charge in [0.25, 0.3) is 11.4 Å². The summed E-state index contributed by atoms with van der Waals surface area (Å²) in [6.07, 6.45) is 6.79. The quantitative estimate of drug-likeness (QED) is 0.0364. The van der Waals surface area contributed by atoms with Crippen molar-refractivity contribution in [2.75, 3.05) is 12.8 Å². The third-order valence-corrected chi connectivity index (χ3v) is 9.95. The Hall–Kier alpha value is -4.47. The number of nitrogens with zero attached hydrogens (tertiary/aromatic N) is 6. The topological polar surface area (TPSA) is 335 Å². The number of nitrogens with one attached hydrogen (secondary N) is 2. The fourth-order valence-electron chi connectivity index (χ4n) is 4.88. The van der Waals surface area contributed by atoms with Gasteiger partial charge in [-0.2, -0.15) is 10.2 Å². The van der Waals surface area contributed by atoms with E-state index in [4.69, 9.17) is 11.1 Å². The fraction of sp³-hybridized carbons (Fsp3) is 0.0303. The maximum absolute atomic E-state index is 12.0. The summed E-state index contributed by atoms with van der Waals surface area (Å²) in [7, 11) is -6.44. The van der Waals surface area contributed by atoms with Crippen LogP contribution in [0.1, 0.15) is 0 Å². The van der Waals surface area contributed by atoms with E-state index >= 15 is 0 Å². The number of sulfonamides is 1. The molecule has 4 aromatic rings. The van der Waals surface area contributed by atoms with E-state index in [1.54, 1.807) is 12.1 Å². The minimum Gasteiger partial charge on any atom is -0.871 e. The number of allylic oxidation sites excluding steroid dienone is 7. The van der Waals surface area contributed by atoms with Gasteiger partial charge in [0.15, 0.2) is 0 Å². The zero-order valence-corrected chi connectivity index (χ0v) is 36.9. The van der Waals surface area contributed by atoms with Crippen LogP contribution in [0.5, 0.6) is 11.5 Å². The number of nitrogen functional groups attached to an aromatic ring is 1. The molecule has 0 saturated heterocycles. The average Bonchev–Trinajstić information content (AvgIpc) is 3.14. The first-order valence-electron chi connectivity index (χ1n) is 15.2. The second kappa shape index (κ2) is 20.5. The van der Waals surface area contributed by atoms with Crippen molar-refractivity contribution in [3.05, 3.63) is 134 Å². The van der Waals surface area contributed by atoms with Crippen molar-refractivity contribution in [2.45, 2.75) is 4.90 Å². The Balaban J connectivity index is 0.000000381. The van der Waals surface area contributed by atoms with Crippen LogP contribution < -0.4 is 79.8 Å². The summed E-state index contributed by atoms with van der Waals surface area (Å²) in [4.78, 5) is 19.9. The molecule has 58 heavy (non-hydrogen) atoms. The van der Waals surface area contributed by atoms with E-state index in [0.717, 1.165) is 30.3 Å². The maximum atomic E-state index is 12.0. The zero-order chi connectivity index (χ0) is 40.2. The van der Waals surface area contributed by atoms with Gasteiger partial charge in [-0.3, -0.25) is 34.7 Å². The molecule has 4 aromatic carbocycles. The zero-order valence-electron chi connectivity index (χ0n) is 30.2. The molecular weight excluding hydrogens is 867 g/mol. The predicted octanol–water partition coefficient (Wildman–Crippen LogP) is -0.772. The first-order valence-corrected chi connectivity index (χ1v) is 18.1. The van der Waals surface area contributed by atoms with Crippen LogP contribution in [0.15, 0.2) is 139 Å². The van der Waals surface area contributed by atoms with Crippen LogP contribution in [0.4, 0.5) is 34.1 Å². The van der Waals surface area contributed by atoms with Crippen molar-refractivity contribution in [3.63, 3.8) is 0 Å². The summed E-state index contributed by atoms with van der Waals surface area (Å²) in [6, 6.07) is 13.9. The van der Waals surface area contributed by atoms with Gasteiger partial charge >= 0.3 is 75.9 Å². The third-order valence-electron chi connectivity index (χ3n) is 7.67. The van der Waals surface area contributed by atoms with Gasteiger partial charge in [-0.25, -0.2) is 17.3 Å². The van der Waals surface area contributed by atoms with Gasteiger partial charge in [-0.1, -0.05) is 35.8 Å². The minimum atomic E-state index is -4.14. The first kappa shape index (κ1) is 49.7. The van der Waals surface area contributed by atoms with E-state index in [1.807, 2.05) is 0 Å². The molecule has 1 radical (unpaired) electrons. The van der Waals surface area contributed by atoms with E-state index in [-0.39, 0.29) is 131 Å². The van der Waals surface area contributed by atoms with Crippen molar-refractivity contribution in [1.29, 1.82) is 5.41 Å². The molecule has 2 aliphatic carbocycles. The SMILES string of the molecule is CNS(=O)(=O)c1ccc2c(N=Nc3ccc([N+](=O)[O-])cc3[O-])c(N)ccc2c1.N=C1C=CC2=CC(=S(=O)(O)O)C=CC2=C1N=Nc1ccc([N+](=O)[O-])cc1[O-].[Co+2].[Na+].[Na+]. The number of anilines is 1. The monoisotopic (exact) mass is 892 g/mol. The molecule has 0 fully saturated rings. The second-order valence-electron chi connectivity index (χ2n) is 11.2. The number of hydrogen-bond acceptors (Lipinski definition) is 15. The van der Waals surface area contributed by atoms with E-state index in [1.165, 1.54) is 61.7 Å². The largest absolute Gasteiger partial charge is 2.00 e. The van der Waals surface area contributed by atoms with Crippen LogP contribution in [-0.4, -0.2) is 49.2 Å². The predicted molar refractivity (Wildman–Crippen MR) is 198 cm³/mol. The summed E-state index contributed by atoms with van der Waals surface area (Å²) in [5.41, 5.74) is 6.47. The van der Waals surface area contributed by atoms with Gasteiger partial charge in [0.2, 0.25) is 20.1 Å². The molecule has 2 aliphatic rings. The number of nitrogens with two attached hydrogens (primary N) is 1. The van der Waals surface area contributed by atoms with Gasteiger partial charge in [-0.05, 0) is 66.6 Å². The van der Waals surface area contributed by atoms with Crippen LogP contribution >= 0.6 is 0 Å². The van der Waals surface area contributed by atoms with Crippen LogP contribution in [-0.2, 0) is 36.9 Å². The molecule has 6 N–H and O–H groups in total. The Morgan fingerprint density at radius 3 is 1.84 bits per heavy atom. The minimum absolute atomic E-state index is 0. The smallest absolute Gasteiger partial charge is 0.871 e. The summed E-state index contributed by atoms with van der Waals surface area (Å²) in [6.45, 7) is 0. The Labute approximate surface area is 383 Å². The summed E-state index contributed by atoms with van der Waals surface area (Å²) in [5, 5.41) is 69.8.